The molecule has 1 aliphatic carbocycles. The molecule has 1 N–H and O–H groups in total. The summed E-state index contributed by atoms with van der Waals surface area (Å²) in [6.45, 7) is 4.43. The van der Waals surface area contributed by atoms with E-state index >= 15 is 0 Å². The lowest BCUT2D eigenvalue weighted by Gasteiger charge is -2.40. The summed E-state index contributed by atoms with van der Waals surface area (Å²) in [6, 6.07) is 24.6. The number of halogens is 2. The minimum absolute atomic E-state index is 0.0993. The number of benzene rings is 4. The Balaban J connectivity index is 1.51. The van der Waals surface area contributed by atoms with E-state index < -0.39 is 0 Å². The molecule has 4 aromatic carbocycles. The number of carbonyl (C=O) groups excluding carboxylic acids is 1. The lowest BCUT2D eigenvalue weighted by Crippen LogP contribution is -2.33. The van der Waals surface area contributed by atoms with Crippen LogP contribution in [0.1, 0.15) is 49.4 Å². The van der Waals surface area contributed by atoms with Gasteiger partial charge in [0.05, 0.1) is 6.04 Å². The summed E-state index contributed by atoms with van der Waals surface area (Å²) in [6.07, 6.45) is 1.30. The van der Waals surface area contributed by atoms with E-state index in [0.29, 0.717) is 17.7 Å². The summed E-state index contributed by atoms with van der Waals surface area (Å²) < 4.78 is 21.4. The molecular formula is C32H27BrFNO2. The molecule has 1 atom stereocenters. The van der Waals surface area contributed by atoms with Gasteiger partial charge in [-0.1, -0.05) is 78.3 Å². The van der Waals surface area contributed by atoms with E-state index in [1.165, 1.54) is 6.07 Å². The molecule has 186 valence electrons. The third kappa shape index (κ3) is 4.36. The number of ether oxygens (including phenoxy) is 1. The number of carbonyl (C=O) groups is 1. The number of fused-ring (bicyclic) bond motifs is 4. The van der Waals surface area contributed by atoms with E-state index in [9.17, 15) is 9.18 Å². The highest BCUT2D eigenvalue weighted by molar-refractivity contribution is 9.10. The van der Waals surface area contributed by atoms with Crippen LogP contribution >= 0.6 is 15.9 Å². The van der Waals surface area contributed by atoms with Gasteiger partial charge in [0, 0.05) is 38.8 Å². The lowest BCUT2D eigenvalue weighted by molar-refractivity contribution is -0.118. The van der Waals surface area contributed by atoms with Crippen molar-refractivity contribution in [3.05, 3.63) is 111 Å². The van der Waals surface area contributed by atoms with Gasteiger partial charge in [-0.15, -0.1) is 0 Å². The fraction of sp³-hybridized carbons (Fsp3) is 0.219. The van der Waals surface area contributed by atoms with Crippen molar-refractivity contribution in [2.75, 3.05) is 5.32 Å². The van der Waals surface area contributed by atoms with Gasteiger partial charge in [-0.25, -0.2) is 4.39 Å². The van der Waals surface area contributed by atoms with Crippen molar-refractivity contribution >= 4 is 43.7 Å². The second kappa shape index (κ2) is 9.14. The molecule has 4 aromatic rings. The molecule has 1 heterocycles. The van der Waals surface area contributed by atoms with Crippen molar-refractivity contribution in [1.82, 2.24) is 0 Å². The molecular weight excluding hydrogens is 529 g/mol. The second-order valence-corrected chi connectivity index (χ2v) is 11.6. The molecule has 0 amide bonds. The summed E-state index contributed by atoms with van der Waals surface area (Å²) >= 11 is 3.61. The van der Waals surface area contributed by atoms with E-state index in [0.717, 1.165) is 49.6 Å². The molecule has 0 spiro atoms. The Morgan fingerprint density at radius 3 is 2.62 bits per heavy atom. The first kappa shape index (κ1) is 23.9. The molecule has 1 aliphatic heterocycles. The first-order valence-electron chi connectivity index (χ1n) is 12.5. The fourth-order valence-electron chi connectivity index (χ4n) is 5.72. The number of hydrogen-bond donors (Lipinski definition) is 1. The summed E-state index contributed by atoms with van der Waals surface area (Å²) in [5.74, 6) is 0.479. The molecule has 5 heteroatoms. The monoisotopic (exact) mass is 555 g/mol. The summed E-state index contributed by atoms with van der Waals surface area (Å²) in [5.41, 5.74) is 5.24. The van der Waals surface area contributed by atoms with Crippen LogP contribution in [0.2, 0.25) is 0 Å². The van der Waals surface area contributed by atoms with Gasteiger partial charge in [-0.3, -0.25) is 4.79 Å². The molecule has 0 bridgehead atoms. The number of anilines is 1. The Kier molecular flexibility index (Phi) is 5.91. The van der Waals surface area contributed by atoms with Gasteiger partial charge >= 0.3 is 0 Å². The Labute approximate surface area is 224 Å². The fourth-order valence-corrected chi connectivity index (χ4v) is 6.10. The molecule has 0 fully saturated rings. The van der Waals surface area contributed by atoms with Gasteiger partial charge in [0.1, 0.15) is 18.2 Å². The SMILES string of the molecule is CC1(C)CC(=O)C2=C(C1)c1c(ccc3ccccc13)N[C@@H]2c1cc(Br)ccc1OCc1ccccc1F. The zero-order chi connectivity index (χ0) is 25.7. The number of hydrogen-bond acceptors (Lipinski definition) is 3. The van der Waals surface area contributed by atoms with Gasteiger partial charge in [0.15, 0.2) is 5.78 Å². The smallest absolute Gasteiger partial charge is 0.162 e. The van der Waals surface area contributed by atoms with Crippen molar-refractivity contribution in [1.29, 1.82) is 0 Å². The van der Waals surface area contributed by atoms with Gasteiger partial charge in [-0.05, 0) is 58.5 Å². The standard InChI is InChI=1S/C32H27BrFNO2/c1-32(2)16-24-29-22-9-5-3-7-19(22)11-13-26(29)35-31(30(24)27(36)17-32)23-15-21(33)12-14-28(23)37-18-20-8-4-6-10-25(20)34/h3-15,31,35H,16-18H2,1-2H3/t31-/m1/s1. The largest absolute Gasteiger partial charge is 0.488 e. The maximum absolute atomic E-state index is 14.3. The highest BCUT2D eigenvalue weighted by Gasteiger charge is 2.41. The van der Waals surface area contributed by atoms with Crippen molar-refractivity contribution in [2.24, 2.45) is 5.41 Å². The molecule has 0 aromatic heterocycles. The van der Waals surface area contributed by atoms with E-state index in [-0.39, 0.29) is 29.7 Å². The minimum Gasteiger partial charge on any atom is -0.488 e. The van der Waals surface area contributed by atoms with Crippen LogP contribution < -0.4 is 10.1 Å². The predicted octanol–water partition coefficient (Wildman–Crippen LogP) is 8.63. The van der Waals surface area contributed by atoms with Crippen LogP contribution in [0.25, 0.3) is 16.3 Å². The van der Waals surface area contributed by atoms with Crippen LogP contribution in [0.4, 0.5) is 10.1 Å². The number of Topliss-reactive ketones (excluding diaryl/α,β-unsaturated/α-hetero) is 1. The first-order valence-corrected chi connectivity index (χ1v) is 13.3. The van der Waals surface area contributed by atoms with E-state index in [1.807, 2.05) is 30.3 Å². The Morgan fingerprint density at radius 2 is 1.78 bits per heavy atom. The molecule has 0 saturated heterocycles. The average molecular weight is 556 g/mol. The van der Waals surface area contributed by atoms with Gasteiger partial charge < -0.3 is 10.1 Å². The molecule has 2 aliphatic rings. The Hall–Kier alpha value is -3.44. The van der Waals surface area contributed by atoms with Crippen LogP contribution in [0, 0.1) is 11.2 Å². The van der Waals surface area contributed by atoms with E-state index in [4.69, 9.17) is 4.74 Å². The van der Waals surface area contributed by atoms with Gasteiger partial charge in [0.25, 0.3) is 0 Å². The summed E-state index contributed by atoms with van der Waals surface area (Å²) in [5, 5.41) is 5.99. The van der Waals surface area contributed by atoms with Crippen molar-refractivity contribution in [3.8, 4) is 5.75 Å². The molecule has 0 radical (unpaired) electrons. The van der Waals surface area contributed by atoms with E-state index in [1.54, 1.807) is 18.2 Å². The van der Waals surface area contributed by atoms with E-state index in [2.05, 4.69) is 59.4 Å². The zero-order valence-electron chi connectivity index (χ0n) is 20.8. The van der Waals surface area contributed by atoms with Crippen LogP contribution in [0.5, 0.6) is 5.75 Å². The zero-order valence-corrected chi connectivity index (χ0v) is 22.4. The van der Waals surface area contributed by atoms with Crippen molar-refractivity contribution < 1.29 is 13.9 Å². The Morgan fingerprint density at radius 1 is 1.00 bits per heavy atom. The van der Waals surface area contributed by atoms with Crippen LogP contribution in [-0.4, -0.2) is 5.78 Å². The second-order valence-electron chi connectivity index (χ2n) is 10.7. The normalized spacial score (nSPS) is 18.3. The van der Waals surface area contributed by atoms with Crippen LogP contribution in [-0.2, 0) is 11.4 Å². The number of allylic oxidation sites excluding steroid dienone is 1. The van der Waals surface area contributed by atoms with Crippen LogP contribution in [0.3, 0.4) is 0 Å². The maximum Gasteiger partial charge on any atom is 0.162 e. The number of nitrogens with one attached hydrogen (secondary N) is 1. The number of rotatable bonds is 4. The first-order chi connectivity index (χ1) is 17.8. The third-order valence-corrected chi connectivity index (χ3v) is 7.86. The highest BCUT2D eigenvalue weighted by atomic mass is 79.9. The topological polar surface area (TPSA) is 38.3 Å². The molecule has 0 unspecified atom stereocenters. The number of ketones is 1. The lowest BCUT2D eigenvalue weighted by atomic mass is 9.68. The average Bonchev–Trinajstić information content (AvgIpc) is 2.87. The predicted molar refractivity (Wildman–Crippen MR) is 150 cm³/mol. The minimum atomic E-state index is -0.375. The summed E-state index contributed by atoms with van der Waals surface area (Å²) in [7, 11) is 0. The highest BCUT2D eigenvalue weighted by Crippen LogP contribution is 2.53. The maximum atomic E-state index is 14.3. The quantitative estimate of drug-likeness (QED) is 0.274. The van der Waals surface area contributed by atoms with Gasteiger partial charge in [0.2, 0.25) is 0 Å². The van der Waals surface area contributed by atoms with Crippen molar-refractivity contribution in [2.45, 2.75) is 39.3 Å². The summed E-state index contributed by atoms with van der Waals surface area (Å²) in [4.78, 5) is 13.8. The molecule has 37 heavy (non-hydrogen) atoms. The van der Waals surface area contributed by atoms with Crippen LogP contribution in [0.15, 0.2) is 88.9 Å². The molecule has 0 saturated carbocycles. The third-order valence-electron chi connectivity index (χ3n) is 7.36. The Bertz CT molecular complexity index is 1590. The van der Waals surface area contributed by atoms with Crippen molar-refractivity contribution in [3.63, 3.8) is 0 Å². The molecule has 6 rings (SSSR count). The molecule has 3 nitrogen and oxygen atoms in total. The van der Waals surface area contributed by atoms with Gasteiger partial charge in [-0.2, -0.15) is 0 Å².